The van der Waals surface area contributed by atoms with Crippen molar-refractivity contribution in [3.05, 3.63) is 113 Å². The number of rotatable bonds is 4. The second-order valence-electron chi connectivity index (χ2n) is 9.08. The van der Waals surface area contributed by atoms with E-state index >= 15 is 0 Å². The maximum atomic E-state index is 2.58. The van der Waals surface area contributed by atoms with Crippen LogP contribution >= 0.6 is 0 Å². The van der Waals surface area contributed by atoms with Gasteiger partial charge in [-0.05, 0) is 55.8 Å². The van der Waals surface area contributed by atoms with Crippen LogP contribution in [-0.2, 0) is 0 Å². The summed E-state index contributed by atoms with van der Waals surface area (Å²) in [6.07, 6.45) is 2.58. The predicted molar refractivity (Wildman–Crippen MR) is 134 cm³/mol. The molecule has 152 valence electrons. The van der Waals surface area contributed by atoms with Crippen molar-refractivity contribution < 1.29 is 0 Å². The summed E-state index contributed by atoms with van der Waals surface area (Å²) in [6, 6.07) is 29.7. The van der Waals surface area contributed by atoms with Crippen LogP contribution in [0.1, 0.15) is 38.8 Å². The number of hydrogen-bond donors (Lipinski definition) is 0. The number of allylic oxidation sites excluding steroid dienone is 4. The van der Waals surface area contributed by atoms with E-state index in [1.807, 2.05) is 0 Å². The molecule has 0 heterocycles. The monoisotopic (exact) mass is 408 g/mol. The van der Waals surface area contributed by atoms with Gasteiger partial charge in [0.1, 0.15) is 0 Å². The third-order valence-corrected chi connectivity index (χ3v) is 13.3. The maximum absolute atomic E-state index is 2.58. The van der Waals surface area contributed by atoms with Gasteiger partial charge in [0, 0.05) is 5.04 Å². The first-order valence-corrected chi connectivity index (χ1v) is 12.9. The lowest BCUT2D eigenvalue weighted by Gasteiger charge is -2.47. The van der Waals surface area contributed by atoms with Crippen LogP contribution in [-0.4, -0.2) is 8.07 Å². The molecule has 0 aliphatic heterocycles. The van der Waals surface area contributed by atoms with Crippen LogP contribution in [0.5, 0.6) is 0 Å². The van der Waals surface area contributed by atoms with Crippen LogP contribution in [0, 0.1) is 13.8 Å². The fourth-order valence-electron chi connectivity index (χ4n) is 5.60. The lowest BCUT2D eigenvalue weighted by atomic mass is 10.0. The van der Waals surface area contributed by atoms with Gasteiger partial charge in [0.15, 0.2) is 8.07 Å². The Morgan fingerprint density at radius 3 is 1.67 bits per heavy atom. The molecule has 1 unspecified atom stereocenters. The van der Waals surface area contributed by atoms with E-state index in [9.17, 15) is 0 Å². The molecule has 0 fully saturated rings. The fourth-order valence-corrected chi connectivity index (χ4v) is 12.0. The molecule has 3 aromatic rings. The van der Waals surface area contributed by atoms with Gasteiger partial charge in [-0.2, -0.15) is 0 Å². The minimum Gasteiger partial charge on any atom is -0.0730 e. The van der Waals surface area contributed by atoms with Crippen LogP contribution in [0.15, 0.2) is 102 Å². The van der Waals surface area contributed by atoms with Crippen LogP contribution in [0.4, 0.5) is 0 Å². The van der Waals surface area contributed by atoms with Crippen LogP contribution in [0.2, 0.25) is 5.04 Å². The molecule has 1 atom stereocenters. The van der Waals surface area contributed by atoms with Crippen LogP contribution in [0.25, 0.3) is 0 Å². The molecule has 4 rings (SSSR count). The summed E-state index contributed by atoms with van der Waals surface area (Å²) in [4.78, 5) is 0. The average molecular weight is 409 g/mol. The number of hydrogen-bond acceptors (Lipinski definition) is 0. The molecule has 1 heteroatoms. The second-order valence-corrected chi connectivity index (χ2v) is 13.3. The summed E-state index contributed by atoms with van der Waals surface area (Å²) >= 11 is 0. The number of aryl methyl sites for hydroxylation is 2. The van der Waals surface area contributed by atoms with Gasteiger partial charge in [0.05, 0.1) is 0 Å². The van der Waals surface area contributed by atoms with Crippen molar-refractivity contribution in [3.8, 4) is 0 Å². The molecule has 0 aromatic heterocycles. The van der Waals surface area contributed by atoms with Crippen LogP contribution < -0.4 is 15.6 Å². The standard InChI is InChI=1S/C29H32Si/c1-21-17-18-22(2)28(19-21)30(26-13-9-7-10-14-26,27-15-11-8-12-16-27)29(6)20-23(3)24(4)25(29)5/h7-20H,1-6H3. The van der Waals surface area contributed by atoms with Crippen molar-refractivity contribution in [2.75, 3.05) is 0 Å². The van der Waals surface area contributed by atoms with Gasteiger partial charge in [-0.25, -0.2) is 0 Å². The van der Waals surface area contributed by atoms with E-state index in [2.05, 4.69) is 126 Å². The van der Waals surface area contributed by atoms with Gasteiger partial charge < -0.3 is 0 Å². The molecule has 0 spiro atoms. The van der Waals surface area contributed by atoms with Crippen molar-refractivity contribution in [2.24, 2.45) is 0 Å². The third-order valence-electron chi connectivity index (χ3n) is 7.43. The first kappa shape index (κ1) is 20.6. The topological polar surface area (TPSA) is 0 Å². The Kier molecular flexibility index (Phi) is 5.19. The van der Waals surface area contributed by atoms with Gasteiger partial charge >= 0.3 is 0 Å². The SMILES string of the molecule is CC1=CC(C)([Si](c2ccccc2)(c2ccccc2)c2cc(C)ccc2C)C(C)=C1C. The maximum Gasteiger partial charge on any atom is 0.162 e. The third kappa shape index (κ3) is 2.87. The van der Waals surface area contributed by atoms with E-state index in [1.54, 1.807) is 0 Å². The van der Waals surface area contributed by atoms with E-state index in [0.717, 1.165) is 0 Å². The van der Waals surface area contributed by atoms with Crippen LogP contribution in [0.3, 0.4) is 0 Å². The summed E-state index contributed by atoms with van der Waals surface area (Å²) < 4.78 is 0. The molecule has 1 aliphatic carbocycles. The summed E-state index contributed by atoms with van der Waals surface area (Å²) in [5, 5.41) is 4.44. The largest absolute Gasteiger partial charge is 0.162 e. The van der Waals surface area contributed by atoms with E-state index < -0.39 is 8.07 Å². The summed E-state index contributed by atoms with van der Waals surface area (Å²) in [5.74, 6) is 0. The smallest absolute Gasteiger partial charge is 0.0730 e. The molecule has 30 heavy (non-hydrogen) atoms. The first-order valence-electron chi connectivity index (χ1n) is 10.9. The zero-order valence-electron chi connectivity index (χ0n) is 19.1. The van der Waals surface area contributed by atoms with Crippen molar-refractivity contribution in [1.29, 1.82) is 0 Å². The van der Waals surface area contributed by atoms with E-state index in [0.29, 0.717) is 0 Å². The van der Waals surface area contributed by atoms with Gasteiger partial charge in [-0.3, -0.25) is 0 Å². The average Bonchev–Trinajstić information content (AvgIpc) is 2.96. The molecule has 0 saturated heterocycles. The molecule has 0 radical (unpaired) electrons. The van der Waals surface area contributed by atoms with Crippen molar-refractivity contribution >= 4 is 23.6 Å². The highest BCUT2D eigenvalue weighted by atomic mass is 28.3. The van der Waals surface area contributed by atoms with Crippen molar-refractivity contribution in [2.45, 2.75) is 46.6 Å². The molecule has 0 N–H and O–H groups in total. The van der Waals surface area contributed by atoms with Crippen molar-refractivity contribution in [3.63, 3.8) is 0 Å². The summed E-state index contributed by atoms with van der Waals surface area (Å²) in [5.41, 5.74) is 7.11. The first-order chi connectivity index (χ1) is 14.3. The lowest BCUT2D eigenvalue weighted by molar-refractivity contribution is 0.870. The molecule has 0 nitrogen and oxygen atoms in total. The van der Waals surface area contributed by atoms with E-state index in [1.165, 1.54) is 43.4 Å². The Balaban J connectivity index is 2.24. The highest BCUT2D eigenvalue weighted by Gasteiger charge is 2.56. The zero-order chi connectivity index (χ0) is 21.5. The minimum atomic E-state index is -2.47. The molecule has 3 aromatic carbocycles. The Labute approximate surface area is 183 Å². The van der Waals surface area contributed by atoms with Gasteiger partial charge in [-0.1, -0.05) is 114 Å². The van der Waals surface area contributed by atoms with Gasteiger partial charge in [-0.15, -0.1) is 0 Å². The molecule has 1 aliphatic rings. The molecular formula is C29H32Si. The minimum absolute atomic E-state index is 0.0393. The predicted octanol–water partition coefficient (Wildman–Crippen LogP) is 5.83. The molecule has 0 amide bonds. The van der Waals surface area contributed by atoms with Crippen molar-refractivity contribution in [1.82, 2.24) is 0 Å². The molecule has 0 bridgehead atoms. The fraction of sp³-hybridized carbons (Fsp3) is 0.241. The Hall–Kier alpha value is -2.64. The zero-order valence-corrected chi connectivity index (χ0v) is 20.1. The Morgan fingerprint density at radius 1 is 0.667 bits per heavy atom. The van der Waals surface area contributed by atoms with E-state index in [4.69, 9.17) is 0 Å². The molecule has 0 saturated carbocycles. The highest BCUT2D eigenvalue weighted by Crippen LogP contribution is 2.52. The number of benzene rings is 3. The second kappa shape index (κ2) is 7.56. The quantitative estimate of drug-likeness (QED) is 0.376. The Morgan fingerprint density at radius 2 is 1.20 bits per heavy atom. The summed E-state index contributed by atoms with van der Waals surface area (Å²) in [7, 11) is -2.47. The Bertz CT molecular complexity index is 1100. The van der Waals surface area contributed by atoms with E-state index in [-0.39, 0.29) is 5.04 Å². The highest BCUT2D eigenvalue weighted by molar-refractivity contribution is 7.14. The normalized spacial score (nSPS) is 19.2. The van der Waals surface area contributed by atoms with Gasteiger partial charge in [0.2, 0.25) is 0 Å². The van der Waals surface area contributed by atoms with Gasteiger partial charge in [0.25, 0.3) is 0 Å². The molecular weight excluding hydrogens is 376 g/mol. The summed E-state index contributed by atoms with van der Waals surface area (Å²) in [6.45, 7) is 14.0. The lowest BCUT2D eigenvalue weighted by Crippen LogP contribution is -2.73.